The lowest BCUT2D eigenvalue weighted by Gasteiger charge is -2.40. The van der Waals surface area contributed by atoms with Crippen LogP contribution in [0.15, 0.2) is 24.3 Å². The number of ether oxygens (including phenoxy) is 5. The van der Waals surface area contributed by atoms with Crippen LogP contribution in [0, 0.1) is 20.8 Å². The lowest BCUT2D eigenvalue weighted by Crippen LogP contribution is -2.44. The Morgan fingerprint density at radius 2 is 1.82 bits per heavy atom. The van der Waals surface area contributed by atoms with Gasteiger partial charge in [-0.15, -0.1) is 0 Å². The van der Waals surface area contributed by atoms with Crippen LogP contribution in [0.1, 0.15) is 47.3 Å². The summed E-state index contributed by atoms with van der Waals surface area (Å²) in [6, 6.07) is 7.36. The third-order valence-corrected chi connectivity index (χ3v) is 8.06. The van der Waals surface area contributed by atoms with Crippen LogP contribution in [-0.4, -0.2) is 66.6 Å². The first-order chi connectivity index (χ1) is 19.0. The first-order valence-electron chi connectivity index (χ1n) is 13.0. The number of esters is 1. The quantitative estimate of drug-likeness (QED) is 0.303. The predicted octanol–water partition coefficient (Wildman–Crippen LogP) is 3.73. The van der Waals surface area contributed by atoms with Gasteiger partial charge in [0.25, 0.3) is 5.24 Å². The first-order valence-corrected chi connectivity index (χ1v) is 13.9. The molecule has 2 aliphatic heterocycles. The summed E-state index contributed by atoms with van der Waals surface area (Å²) in [6.07, 6.45) is -0.0831. The maximum absolute atomic E-state index is 12.0. The van der Waals surface area contributed by atoms with Crippen molar-refractivity contribution in [3.05, 3.63) is 52.1 Å². The summed E-state index contributed by atoms with van der Waals surface area (Å²) in [6.45, 7) is 7.92. The molecule has 4 rings (SSSR count). The molecule has 0 aliphatic carbocycles. The monoisotopic (exact) mass is 573 g/mol. The SMILES string of the molecule is COCCOC(=O)COc1c(C)c(C)c2c(c1C)C(O)CC(C)(COc1ccc(CC3SC(=O)NC3=O)cc1)O2. The summed E-state index contributed by atoms with van der Waals surface area (Å²) >= 11 is 1.00. The molecule has 216 valence electrons. The molecule has 1 saturated heterocycles. The minimum absolute atomic E-state index is 0.151. The van der Waals surface area contributed by atoms with Crippen LogP contribution in [0.4, 0.5) is 4.79 Å². The highest BCUT2D eigenvalue weighted by molar-refractivity contribution is 8.15. The van der Waals surface area contributed by atoms with Gasteiger partial charge in [0.1, 0.15) is 36.1 Å². The predicted molar refractivity (Wildman–Crippen MR) is 148 cm³/mol. The zero-order valence-electron chi connectivity index (χ0n) is 23.3. The fraction of sp³-hybridized carbons (Fsp3) is 0.483. The summed E-state index contributed by atoms with van der Waals surface area (Å²) in [5.74, 6) is 0.974. The van der Waals surface area contributed by atoms with Gasteiger partial charge in [0.2, 0.25) is 5.91 Å². The van der Waals surface area contributed by atoms with Crippen LogP contribution in [0.25, 0.3) is 0 Å². The van der Waals surface area contributed by atoms with Crippen molar-refractivity contribution in [3.63, 3.8) is 0 Å². The largest absolute Gasteiger partial charge is 0.489 e. The molecular formula is C29H35NO9S. The Hall–Kier alpha value is -3.28. The first kappa shape index (κ1) is 29.7. The molecule has 2 aromatic rings. The van der Waals surface area contributed by atoms with Crippen molar-refractivity contribution in [1.29, 1.82) is 0 Å². The molecule has 10 nitrogen and oxygen atoms in total. The van der Waals surface area contributed by atoms with E-state index in [-0.39, 0.29) is 31.0 Å². The van der Waals surface area contributed by atoms with Crippen molar-refractivity contribution in [2.75, 3.05) is 33.5 Å². The normalized spacial score (nSPS) is 21.9. The van der Waals surface area contributed by atoms with Gasteiger partial charge in [0, 0.05) is 24.7 Å². The highest BCUT2D eigenvalue weighted by Gasteiger charge is 2.40. The highest BCUT2D eigenvalue weighted by Crippen LogP contribution is 2.48. The van der Waals surface area contributed by atoms with Crippen molar-refractivity contribution >= 4 is 28.9 Å². The number of thioether (sulfide) groups is 1. The Labute approximate surface area is 237 Å². The second-order valence-electron chi connectivity index (χ2n) is 10.2. The topological polar surface area (TPSA) is 130 Å². The van der Waals surface area contributed by atoms with Crippen molar-refractivity contribution in [1.82, 2.24) is 5.32 Å². The van der Waals surface area contributed by atoms with E-state index in [9.17, 15) is 19.5 Å². The van der Waals surface area contributed by atoms with Crippen molar-refractivity contribution in [2.24, 2.45) is 0 Å². The number of nitrogens with one attached hydrogen (secondary N) is 1. The number of amides is 2. The fourth-order valence-electron chi connectivity index (χ4n) is 4.86. The molecule has 40 heavy (non-hydrogen) atoms. The van der Waals surface area contributed by atoms with Gasteiger partial charge in [-0.2, -0.15) is 0 Å². The Balaban J connectivity index is 1.41. The molecule has 0 radical (unpaired) electrons. The Morgan fingerprint density at radius 1 is 1.10 bits per heavy atom. The van der Waals surface area contributed by atoms with Gasteiger partial charge in [0.05, 0.1) is 18.0 Å². The fourth-order valence-corrected chi connectivity index (χ4v) is 5.72. The molecule has 11 heteroatoms. The molecule has 3 unspecified atom stereocenters. The van der Waals surface area contributed by atoms with E-state index >= 15 is 0 Å². The van der Waals surface area contributed by atoms with Gasteiger partial charge < -0.3 is 28.8 Å². The summed E-state index contributed by atoms with van der Waals surface area (Å²) in [7, 11) is 1.53. The second kappa shape index (κ2) is 12.5. The number of benzene rings is 2. The van der Waals surface area contributed by atoms with Crippen LogP contribution >= 0.6 is 11.8 Å². The summed E-state index contributed by atoms with van der Waals surface area (Å²) < 4.78 is 28.3. The van der Waals surface area contributed by atoms with E-state index in [0.29, 0.717) is 47.8 Å². The number of hydrogen-bond donors (Lipinski definition) is 2. The van der Waals surface area contributed by atoms with Crippen LogP contribution in [0.5, 0.6) is 17.2 Å². The summed E-state index contributed by atoms with van der Waals surface area (Å²) in [5.41, 5.74) is 3.09. The van der Waals surface area contributed by atoms with E-state index in [1.807, 2.05) is 52.0 Å². The number of carbonyl (C=O) groups is 3. The van der Waals surface area contributed by atoms with Crippen molar-refractivity contribution in [3.8, 4) is 17.2 Å². The van der Waals surface area contributed by atoms with Gasteiger partial charge in [-0.05, 0) is 62.9 Å². The molecule has 3 atom stereocenters. The average Bonchev–Trinajstić information content (AvgIpc) is 3.22. The van der Waals surface area contributed by atoms with E-state index in [1.54, 1.807) is 0 Å². The lowest BCUT2D eigenvalue weighted by atomic mass is 9.85. The number of hydrogen-bond acceptors (Lipinski definition) is 10. The molecule has 0 bridgehead atoms. The molecule has 0 spiro atoms. The number of aliphatic hydroxyl groups is 1. The maximum atomic E-state index is 12.0. The molecule has 2 amide bonds. The van der Waals surface area contributed by atoms with E-state index < -0.39 is 22.9 Å². The standard InChI is InChI=1S/C29H35NO9S/c1-16-17(2)26-24(18(3)25(16)37-14-23(32)36-11-10-35-5)21(31)13-29(4,39-26)15-38-20-8-6-19(7-9-20)12-22-27(33)30-28(34)40-22/h6-9,21-22,31H,10-15H2,1-5H3,(H,30,33,34). The van der Waals surface area contributed by atoms with Gasteiger partial charge in [-0.3, -0.25) is 14.9 Å². The molecule has 2 aromatic carbocycles. The third-order valence-electron chi connectivity index (χ3n) is 7.08. The number of aliphatic hydroxyl groups excluding tert-OH is 1. The molecule has 0 aromatic heterocycles. The molecule has 2 heterocycles. The minimum atomic E-state index is -0.826. The Morgan fingerprint density at radius 3 is 2.48 bits per heavy atom. The van der Waals surface area contributed by atoms with E-state index in [2.05, 4.69) is 5.32 Å². The average molecular weight is 574 g/mol. The number of methoxy groups -OCH3 is 1. The van der Waals surface area contributed by atoms with Crippen LogP contribution < -0.4 is 19.5 Å². The summed E-state index contributed by atoms with van der Waals surface area (Å²) in [4.78, 5) is 35.3. The zero-order valence-corrected chi connectivity index (χ0v) is 24.1. The smallest absolute Gasteiger partial charge is 0.344 e. The van der Waals surface area contributed by atoms with Gasteiger partial charge in [-0.25, -0.2) is 4.79 Å². The van der Waals surface area contributed by atoms with Crippen LogP contribution in [0.2, 0.25) is 0 Å². The Bertz CT molecular complexity index is 1280. The van der Waals surface area contributed by atoms with Crippen molar-refractivity contribution < 1.29 is 43.2 Å². The van der Waals surface area contributed by atoms with Crippen LogP contribution in [-0.2, 0) is 25.5 Å². The second-order valence-corrected chi connectivity index (χ2v) is 11.4. The summed E-state index contributed by atoms with van der Waals surface area (Å²) in [5, 5.41) is 12.7. The van der Waals surface area contributed by atoms with Crippen molar-refractivity contribution in [2.45, 2.75) is 57.5 Å². The number of carbonyl (C=O) groups excluding carboxylic acids is 3. The van der Waals surface area contributed by atoms with Gasteiger partial charge >= 0.3 is 5.97 Å². The maximum Gasteiger partial charge on any atom is 0.344 e. The van der Waals surface area contributed by atoms with E-state index in [0.717, 1.165) is 28.5 Å². The number of fused-ring (bicyclic) bond motifs is 1. The molecule has 0 saturated carbocycles. The highest BCUT2D eigenvalue weighted by atomic mass is 32.2. The lowest BCUT2D eigenvalue weighted by molar-refractivity contribution is -0.147. The van der Waals surface area contributed by atoms with E-state index in [1.165, 1.54) is 7.11 Å². The van der Waals surface area contributed by atoms with Gasteiger partial charge in [0.15, 0.2) is 6.61 Å². The van der Waals surface area contributed by atoms with E-state index in [4.69, 9.17) is 23.7 Å². The van der Waals surface area contributed by atoms with Crippen LogP contribution in [0.3, 0.4) is 0 Å². The molecular weight excluding hydrogens is 538 g/mol. The number of rotatable bonds is 11. The Kier molecular flexibility index (Phi) is 9.27. The molecule has 2 aliphatic rings. The molecule has 1 fully saturated rings. The number of imide groups is 1. The zero-order chi connectivity index (χ0) is 29.0. The minimum Gasteiger partial charge on any atom is -0.489 e. The van der Waals surface area contributed by atoms with Gasteiger partial charge in [-0.1, -0.05) is 23.9 Å². The third kappa shape index (κ3) is 6.71. The molecule has 2 N–H and O–H groups in total.